The van der Waals surface area contributed by atoms with Crippen LogP contribution in [0.1, 0.15) is 0 Å². The number of H-pyrrole nitrogens is 4. The Kier molecular flexibility index (Phi) is 8.80. The second kappa shape index (κ2) is 12.8. The Morgan fingerprint density at radius 2 is 0.541 bits per heavy atom. The molecule has 4 aromatic heterocycles. The van der Waals surface area contributed by atoms with E-state index in [9.17, 15) is 0 Å². The molecule has 0 bridgehead atoms. The van der Waals surface area contributed by atoms with E-state index in [1.54, 1.807) is 25.3 Å². The first-order chi connectivity index (χ1) is 17.9. The number of nitrogens with one attached hydrogen (secondary N) is 4. The van der Waals surface area contributed by atoms with Gasteiger partial charge in [0.1, 0.15) is 0 Å². The Morgan fingerprint density at radius 1 is 0.324 bits per heavy atom. The fraction of sp³-hybridized carbons (Fsp3) is 0. The molecule has 0 saturated heterocycles. The van der Waals surface area contributed by atoms with Crippen LogP contribution in [0.4, 0.5) is 0 Å². The number of benzene rings is 4. The maximum absolute atomic E-state index is 4.06. The van der Waals surface area contributed by atoms with E-state index in [2.05, 4.69) is 39.9 Å². The van der Waals surface area contributed by atoms with Gasteiger partial charge in [-0.2, -0.15) is 0 Å². The minimum Gasteiger partial charge on any atom is -0.345 e. The fourth-order valence-corrected chi connectivity index (χ4v) is 3.52. The van der Waals surface area contributed by atoms with Crippen molar-refractivity contribution in [2.24, 2.45) is 0 Å². The van der Waals surface area contributed by atoms with Gasteiger partial charge in [0.2, 0.25) is 0 Å². The van der Waals surface area contributed by atoms with Crippen molar-refractivity contribution in [3.05, 3.63) is 122 Å². The summed E-state index contributed by atoms with van der Waals surface area (Å²) in [4.78, 5) is 28.3. The average Bonchev–Trinajstić information content (AvgIpc) is 3.76. The van der Waals surface area contributed by atoms with Crippen molar-refractivity contribution in [3.8, 4) is 0 Å². The first-order valence-electron chi connectivity index (χ1n) is 11.4. The molecule has 0 amide bonds. The molecular weight excluding hydrogens is 512 g/mol. The number of hydrogen-bond donors (Lipinski definition) is 4. The Balaban J connectivity index is 0.000000114. The van der Waals surface area contributed by atoms with Gasteiger partial charge in [-0.15, -0.1) is 0 Å². The SMILES string of the molecule is [Cu].c1ccc2[nH]cnc2c1.c1ccc2[nH]cnc2c1.c1ccc2[nH]cnc2c1.c1ccc2[nH]cnc2c1. The van der Waals surface area contributed by atoms with Gasteiger partial charge < -0.3 is 19.9 Å². The molecule has 1 radical (unpaired) electrons. The van der Waals surface area contributed by atoms with E-state index in [4.69, 9.17) is 0 Å². The van der Waals surface area contributed by atoms with Gasteiger partial charge in [-0.1, -0.05) is 48.5 Å². The van der Waals surface area contributed by atoms with Crippen LogP contribution in [-0.2, 0) is 17.1 Å². The van der Waals surface area contributed by atoms with Gasteiger partial charge in [0.25, 0.3) is 0 Å². The molecule has 0 aliphatic carbocycles. The number of imidazole rings is 4. The summed E-state index contributed by atoms with van der Waals surface area (Å²) in [7, 11) is 0. The third-order valence-corrected chi connectivity index (χ3v) is 5.31. The zero-order valence-corrected chi connectivity index (χ0v) is 20.6. The number of para-hydroxylation sites is 8. The smallest absolute Gasteiger partial charge is 0.0931 e. The van der Waals surface area contributed by atoms with Crippen LogP contribution < -0.4 is 0 Å². The number of hydrogen-bond acceptors (Lipinski definition) is 4. The van der Waals surface area contributed by atoms with Crippen LogP contribution in [0.15, 0.2) is 122 Å². The molecule has 8 rings (SSSR count). The van der Waals surface area contributed by atoms with Crippen LogP contribution in [0, 0.1) is 0 Å². The molecule has 4 heterocycles. The van der Waals surface area contributed by atoms with Crippen molar-refractivity contribution in [1.82, 2.24) is 39.9 Å². The van der Waals surface area contributed by atoms with Crippen molar-refractivity contribution in [3.63, 3.8) is 0 Å². The molecule has 9 heteroatoms. The molecule has 8 nitrogen and oxygen atoms in total. The minimum atomic E-state index is 0. The Morgan fingerprint density at radius 3 is 0.757 bits per heavy atom. The zero-order chi connectivity index (χ0) is 24.4. The van der Waals surface area contributed by atoms with Gasteiger partial charge in [-0.25, -0.2) is 19.9 Å². The quantitative estimate of drug-likeness (QED) is 0.172. The van der Waals surface area contributed by atoms with Gasteiger partial charge in [-0.05, 0) is 48.5 Å². The molecule has 0 aliphatic rings. The fourth-order valence-electron chi connectivity index (χ4n) is 3.52. The standard InChI is InChI=1S/4C7H6N2.Cu/c4*1-2-4-7-6(3-1)8-5-9-7;/h4*1-5H,(H,8,9);. The van der Waals surface area contributed by atoms with Gasteiger partial charge in [0.05, 0.1) is 69.4 Å². The van der Waals surface area contributed by atoms with Crippen molar-refractivity contribution >= 4 is 44.1 Å². The number of aromatic amines is 4. The summed E-state index contributed by atoms with van der Waals surface area (Å²) in [6.45, 7) is 0. The van der Waals surface area contributed by atoms with E-state index in [-0.39, 0.29) is 17.1 Å². The van der Waals surface area contributed by atoms with E-state index >= 15 is 0 Å². The maximum atomic E-state index is 4.06. The summed E-state index contributed by atoms with van der Waals surface area (Å²) in [5, 5.41) is 0. The molecule has 0 spiro atoms. The second-order valence-electron chi connectivity index (χ2n) is 7.68. The Bertz CT molecular complexity index is 1390. The molecule has 0 aliphatic heterocycles. The third kappa shape index (κ3) is 6.70. The molecule has 0 fully saturated rings. The van der Waals surface area contributed by atoms with Gasteiger partial charge in [-0.3, -0.25) is 0 Å². The van der Waals surface area contributed by atoms with Crippen molar-refractivity contribution < 1.29 is 17.1 Å². The van der Waals surface area contributed by atoms with Crippen molar-refractivity contribution in [1.29, 1.82) is 0 Å². The molecule has 8 aromatic rings. The van der Waals surface area contributed by atoms with Crippen molar-refractivity contribution in [2.75, 3.05) is 0 Å². The molecule has 0 saturated carbocycles. The summed E-state index contributed by atoms with van der Waals surface area (Å²) in [5.74, 6) is 0. The van der Waals surface area contributed by atoms with Crippen LogP contribution in [-0.4, -0.2) is 39.9 Å². The number of fused-ring (bicyclic) bond motifs is 4. The van der Waals surface area contributed by atoms with Gasteiger partial charge >= 0.3 is 0 Å². The summed E-state index contributed by atoms with van der Waals surface area (Å²) in [6, 6.07) is 31.8. The van der Waals surface area contributed by atoms with E-state index < -0.39 is 0 Å². The minimum absolute atomic E-state index is 0. The Hall–Kier alpha value is -4.72. The first-order valence-corrected chi connectivity index (χ1v) is 11.4. The molecule has 187 valence electrons. The molecule has 0 atom stereocenters. The van der Waals surface area contributed by atoms with E-state index in [1.165, 1.54) is 0 Å². The second-order valence-corrected chi connectivity index (χ2v) is 7.68. The molecule has 0 unspecified atom stereocenters. The monoisotopic (exact) mass is 535 g/mol. The zero-order valence-electron chi connectivity index (χ0n) is 19.6. The first kappa shape index (κ1) is 25.4. The predicted molar refractivity (Wildman–Crippen MR) is 144 cm³/mol. The molecule has 4 N–H and O–H groups in total. The number of aromatic nitrogens is 8. The number of rotatable bonds is 0. The number of nitrogens with zero attached hydrogens (tertiary/aromatic N) is 4. The van der Waals surface area contributed by atoms with Crippen LogP contribution in [0.3, 0.4) is 0 Å². The summed E-state index contributed by atoms with van der Waals surface area (Å²) >= 11 is 0. The van der Waals surface area contributed by atoms with Crippen LogP contribution in [0.2, 0.25) is 0 Å². The molecule has 37 heavy (non-hydrogen) atoms. The predicted octanol–water partition coefficient (Wildman–Crippen LogP) is 6.25. The van der Waals surface area contributed by atoms with E-state index in [1.807, 2.05) is 97.1 Å². The summed E-state index contributed by atoms with van der Waals surface area (Å²) in [5.41, 5.74) is 8.48. The van der Waals surface area contributed by atoms with Gasteiger partial charge in [0, 0.05) is 17.1 Å². The van der Waals surface area contributed by atoms with Crippen LogP contribution >= 0.6 is 0 Å². The summed E-state index contributed by atoms with van der Waals surface area (Å²) in [6.07, 6.45) is 6.80. The van der Waals surface area contributed by atoms with Crippen LogP contribution in [0.5, 0.6) is 0 Å². The normalized spacial score (nSPS) is 9.95. The molecular formula is C28H24CuN8. The topological polar surface area (TPSA) is 115 Å². The van der Waals surface area contributed by atoms with Crippen molar-refractivity contribution in [2.45, 2.75) is 0 Å². The van der Waals surface area contributed by atoms with Gasteiger partial charge in [0.15, 0.2) is 0 Å². The molecule has 4 aromatic carbocycles. The van der Waals surface area contributed by atoms with E-state index in [0.29, 0.717) is 0 Å². The Labute approximate surface area is 223 Å². The third-order valence-electron chi connectivity index (χ3n) is 5.31. The average molecular weight is 536 g/mol. The largest absolute Gasteiger partial charge is 0.345 e. The van der Waals surface area contributed by atoms with E-state index in [0.717, 1.165) is 44.1 Å². The summed E-state index contributed by atoms with van der Waals surface area (Å²) < 4.78 is 0. The van der Waals surface area contributed by atoms with Crippen LogP contribution in [0.25, 0.3) is 44.1 Å². The maximum Gasteiger partial charge on any atom is 0.0931 e.